The number of aromatic nitrogens is 1. The highest BCUT2D eigenvalue weighted by molar-refractivity contribution is 14.0. The summed E-state index contributed by atoms with van der Waals surface area (Å²) in [6.45, 7) is 6.08. The molecule has 1 aromatic heterocycles. The second-order valence-electron chi connectivity index (χ2n) is 7.00. The smallest absolute Gasteiger partial charge is 0.193 e. The molecular formula is C21H29BrIN5O. The average Bonchev–Trinajstić information content (AvgIpc) is 2.71. The molecule has 0 aliphatic carbocycles. The maximum atomic E-state index is 5.60. The first kappa shape index (κ1) is 23.9. The van der Waals surface area contributed by atoms with Gasteiger partial charge in [0.15, 0.2) is 5.96 Å². The van der Waals surface area contributed by atoms with Crippen molar-refractivity contribution in [1.82, 2.24) is 15.2 Å². The van der Waals surface area contributed by atoms with Gasteiger partial charge in [0.1, 0.15) is 5.82 Å². The summed E-state index contributed by atoms with van der Waals surface area (Å²) in [7, 11) is 3.84. The zero-order valence-electron chi connectivity index (χ0n) is 17.1. The molecule has 8 heteroatoms. The zero-order valence-corrected chi connectivity index (χ0v) is 21.1. The van der Waals surface area contributed by atoms with Crippen LogP contribution in [0.4, 0.5) is 5.82 Å². The Kier molecular flexibility index (Phi) is 9.64. The predicted molar refractivity (Wildman–Crippen MR) is 133 cm³/mol. The van der Waals surface area contributed by atoms with Crippen LogP contribution >= 0.6 is 39.9 Å². The lowest BCUT2D eigenvalue weighted by molar-refractivity contribution is 0.0529. The van der Waals surface area contributed by atoms with Crippen LogP contribution in [0.5, 0.6) is 0 Å². The molecule has 0 amide bonds. The number of hydrogen-bond acceptors (Lipinski definition) is 4. The van der Waals surface area contributed by atoms with Gasteiger partial charge in [0.2, 0.25) is 0 Å². The number of nitrogens with zero attached hydrogens (tertiary/aromatic N) is 4. The summed E-state index contributed by atoms with van der Waals surface area (Å²) in [5, 5.41) is 3.42. The van der Waals surface area contributed by atoms with Crippen molar-refractivity contribution in [2.75, 3.05) is 38.7 Å². The fourth-order valence-corrected chi connectivity index (χ4v) is 3.67. The van der Waals surface area contributed by atoms with Crippen molar-refractivity contribution in [1.29, 1.82) is 0 Å². The Morgan fingerprint density at radius 2 is 2.14 bits per heavy atom. The molecule has 1 aliphatic rings. The lowest BCUT2D eigenvalue weighted by atomic mass is 10.2. The van der Waals surface area contributed by atoms with E-state index >= 15 is 0 Å². The topological polar surface area (TPSA) is 53.0 Å². The summed E-state index contributed by atoms with van der Waals surface area (Å²) >= 11 is 3.61. The van der Waals surface area contributed by atoms with E-state index in [0.29, 0.717) is 6.54 Å². The first-order chi connectivity index (χ1) is 13.6. The van der Waals surface area contributed by atoms with Crippen molar-refractivity contribution in [2.24, 2.45) is 4.99 Å². The summed E-state index contributed by atoms with van der Waals surface area (Å²) < 4.78 is 6.71. The molecule has 0 saturated carbocycles. The Bertz CT molecular complexity index is 802. The van der Waals surface area contributed by atoms with Crippen LogP contribution in [-0.4, -0.2) is 55.7 Å². The van der Waals surface area contributed by atoms with E-state index in [4.69, 9.17) is 4.74 Å². The van der Waals surface area contributed by atoms with E-state index in [2.05, 4.69) is 72.2 Å². The van der Waals surface area contributed by atoms with Crippen molar-refractivity contribution < 1.29 is 4.74 Å². The Morgan fingerprint density at radius 3 is 2.79 bits per heavy atom. The maximum Gasteiger partial charge on any atom is 0.193 e. The Balaban J connectivity index is 0.00000300. The molecule has 1 N–H and O–H groups in total. The van der Waals surface area contributed by atoms with Gasteiger partial charge in [0, 0.05) is 50.9 Å². The Morgan fingerprint density at radius 1 is 1.34 bits per heavy atom. The predicted octanol–water partition coefficient (Wildman–Crippen LogP) is 3.89. The molecule has 158 valence electrons. The van der Waals surface area contributed by atoms with Gasteiger partial charge in [-0.05, 0) is 30.2 Å². The molecule has 0 radical (unpaired) electrons. The molecule has 1 aromatic carbocycles. The van der Waals surface area contributed by atoms with Crippen LogP contribution in [0.1, 0.15) is 18.1 Å². The summed E-state index contributed by atoms with van der Waals surface area (Å²) in [5.74, 6) is 1.86. The van der Waals surface area contributed by atoms with Gasteiger partial charge >= 0.3 is 0 Å². The third-order valence-corrected chi connectivity index (χ3v) is 5.54. The van der Waals surface area contributed by atoms with E-state index in [0.717, 1.165) is 48.1 Å². The molecule has 0 spiro atoms. The van der Waals surface area contributed by atoms with Gasteiger partial charge < -0.3 is 19.9 Å². The Labute approximate surface area is 198 Å². The van der Waals surface area contributed by atoms with E-state index in [1.807, 2.05) is 25.4 Å². The molecule has 29 heavy (non-hydrogen) atoms. The van der Waals surface area contributed by atoms with Crippen LogP contribution in [0, 0.1) is 0 Å². The number of morpholine rings is 1. The van der Waals surface area contributed by atoms with E-state index < -0.39 is 0 Å². The third-order valence-electron chi connectivity index (χ3n) is 4.76. The number of aliphatic imine (C=N–C) groups is 1. The van der Waals surface area contributed by atoms with Crippen molar-refractivity contribution in [3.05, 3.63) is 58.2 Å². The van der Waals surface area contributed by atoms with E-state index in [1.54, 1.807) is 7.05 Å². The highest BCUT2D eigenvalue weighted by atomic mass is 127. The third kappa shape index (κ3) is 6.82. The van der Waals surface area contributed by atoms with Crippen LogP contribution < -0.4 is 10.2 Å². The van der Waals surface area contributed by atoms with Gasteiger partial charge in [-0.15, -0.1) is 24.0 Å². The number of ether oxygens (including phenoxy) is 1. The maximum absolute atomic E-state index is 5.60. The van der Waals surface area contributed by atoms with Crippen LogP contribution in [0.3, 0.4) is 0 Å². The van der Waals surface area contributed by atoms with E-state index in [9.17, 15) is 0 Å². The van der Waals surface area contributed by atoms with Crippen LogP contribution in [0.25, 0.3) is 0 Å². The second kappa shape index (κ2) is 11.7. The first-order valence-electron chi connectivity index (χ1n) is 9.53. The molecule has 1 saturated heterocycles. The van der Waals surface area contributed by atoms with Crippen LogP contribution in [-0.2, 0) is 17.8 Å². The summed E-state index contributed by atoms with van der Waals surface area (Å²) in [4.78, 5) is 13.4. The number of benzene rings is 1. The van der Waals surface area contributed by atoms with Crippen molar-refractivity contribution in [2.45, 2.75) is 26.1 Å². The number of halogens is 2. The fourth-order valence-electron chi connectivity index (χ4n) is 3.26. The highest BCUT2D eigenvalue weighted by Gasteiger charge is 2.17. The van der Waals surface area contributed by atoms with Crippen molar-refractivity contribution in [3.63, 3.8) is 0 Å². The molecule has 1 fully saturated rings. The molecule has 6 nitrogen and oxygen atoms in total. The fraction of sp³-hybridized carbons (Fsp3) is 0.429. The quantitative estimate of drug-likeness (QED) is 0.334. The summed E-state index contributed by atoms with van der Waals surface area (Å²) in [5.41, 5.74) is 2.35. The van der Waals surface area contributed by atoms with Crippen molar-refractivity contribution >= 4 is 51.7 Å². The van der Waals surface area contributed by atoms with Crippen LogP contribution in [0.15, 0.2) is 52.1 Å². The molecule has 1 aliphatic heterocycles. The second-order valence-corrected chi connectivity index (χ2v) is 7.85. The summed E-state index contributed by atoms with van der Waals surface area (Å²) in [6.07, 6.45) is 2.18. The molecular weight excluding hydrogens is 545 g/mol. The van der Waals surface area contributed by atoms with E-state index in [-0.39, 0.29) is 30.1 Å². The molecule has 0 bridgehead atoms. The number of anilines is 1. The molecule has 3 rings (SSSR count). The molecule has 2 heterocycles. The lowest BCUT2D eigenvalue weighted by Gasteiger charge is -2.32. The number of hydrogen-bond donors (Lipinski definition) is 1. The lowest BCUT2D eigenvalue weighted by Crippen LogP contribution is -2.41. The van der Waals surface area contributed by atoms with E-state index in [1.165, 1.54) is 5.56 Å². The largest absolute Gasteiger partial charge is 0.375 e. The van der Waals surface area contributed by atoms with Gasteiger partial charge in [0.05, 0.1) is 12.7 Å². The number of pyridine rings is 1. The van der Waals surface area contributed by atoms with Gasteiger partial charge in [-0.25, -0.2) is 4.98 Å². The van der Waals surface area contributed by atoms with Crippen molar-refractivity contribution in [3.8, 4) is 0 Å². The monoisotopic (exact) mass is 573 g/mol. The first-order valence-corrected chi connectivity index (χ1v) is 10.3. The Hall–Kier alpha value is -1.39. The van der Waals surface area contributed by atoms with Gasteiger partial charge in [-0.1, -0.05) is 40.2 Å². The standard InChI is InChI=1S/C21H28BrN5O.HI/c1-16-14-27(10-11-28-16)20-9-8-17(12-24-20)13-25-21(23-2)26(3)15-18-6-4-5-7-19(18)22;/h4-9,12,16H,10-11,13-15H2,1-3H3,(H,23,25);1H. The number of nitrogens with one attached hydrogen (secondary N) is 1. The minimum absolute atomic E-state index is 0. The van der Waals surface area contributed by atoms with Crippen LogP contribution in [0.2, 0.25) is 0 Å². The number of rotatable bonds is 5. The average molecular weight is 574 g/mol. The molecule has 1 atom stereocenters. The minimum atomic E-state index is 0. The normalized spacial score (nSPS) is 16.9. The number of guanidine groups is 1. The minimum Gasteiger partial charge on any atom is -0.375 e. The zero-order chi connectivity index (χ0) is 19.9. The molecule has 2 aromatic rings. The van der Waals surface area contributed by atoms with Gasteiger partial charge in [-0.2, -0.15) is 0 Å². The van der Waals surface area contributed by atoms with Gasteiger partial charge in [0.25, 0.3) is 0 Å². The van der Waals surface area contributed by atoms with Gasteiger partial charge in [-0.3, -0.25) is 4.99 Å². The summed E-state index contributed by atoms with van der Waals surface area (Å²) in [6, 6.07) is 12.4. The molecule has 1 unspecified atom stereocenters. The SMILES string of the molecule is CN=C(NCc1ccc(N2CCOC(C)C2)nc1)N(C)Cc1ccccc1Br.I. The highest BCUT2D eigenvalue weighted by Crippen LogP contribution is 2.18.